The Labute approximate surface area is 132 Å². The van der Waals surface area contributed by atoms with Gasteiger partial charge in [0.1, 0.15) is 23.9 Å². The summed E-state index contributed by atoms with van der Waals surface area (Å²) in [6, 6.07) is 10.4. The molecule has 0 saturated carbocycles. The van der Waals surface area contributed by atoms with Crippen molar-refractivity contribution in [3.63, 3.8) is 0 Å². The van der Waals surface area contributed by atoms with Gasteiger partial charge in [-0.05, 0) is 24.3 Å². The van der Waals surface area contributed by atoms with Crippen molar-refractivity contribution in [3.8, 4) is 5.75 Å². The molecule has 114 valence electrons. The Kier molecular flexibility index (Phi) is 4.11. The van der Waals surface area contributed by atoms with E-state index in [2.05, 4.69) is 9.88 Å². The van der Waals surface area contributed by atoms with Crippen LogP contribution in [0.2, 0.25) is 5.02 Å². The summed E-state index contributed by atoms with van der Waals surface area (Å²) in [7, 11) is 0. The third-order valence-electron chi connectivity index (χ3n) is 3.51. The smallest absolute Gasteiger partial charge is 0.287 e. The Morgan fingerprint density at radius 3 is 2.91 bits per heavy atom. The highest BCUT2D eigenvalue weighted by Gasteiger charge is 2.25. The van der Waals surface area contributed by atoms with Gasteiger partial charge in [0.05, 0.1) is 11.5 Å². The third-order valence-corrected chi connectivity index (χ3v) is 3.75. The topological polar surface area (TPSA) is 68.5 Å². The van der Waals surface area contributed by atoms with Gasteiger partial charge in [0.15, 0.2) is 0 Å². The first kappa shape index (κ1) is 14.6. The lowest BCUT2D eigenvalue weighted by molar-refractivity contribution is -0.385. The summed E-state index contributed by atoms with van der Waals surface area (Å²) in [5.74, 6) is 1.47. The molecular weight excluding hydrogens is 306 g/mol. The quantitative estimate of drug-likeness (QED) is 0.639. The van der Waals surface area contributed by atoms with E-state index in [9.17, 15) is 10.1 Å². The molecule has 22 heavy (non-hydrogen) atoms. The molecule has 1 aromatic carbocycles. The van der Waals surface area contributed by atoms with E-state index in [0.717, 1.165) is 24.5 Å². The van der Waals surface area contributed by atoms with Crippen LogP contribution in [-0.4, -0.2) is 29.1 Å². The normalized spacial score (nSPS) is 17.5. The maximum atomic E-state index is 10.6. The Hall–Kier alpha value is -2.34. The number of aromatic nitrogens is 1. The number of pyridine rings is 1. The van der Waals surface area contributed by atoms with Crippen molar-refractivity contribution in [2.24, 2.45) is 0 Å². The molecule has 1 aliphatic heterocycles. The van der Waals surface area contributed by atoms with Crippen LogP contribution in [0.5, 0.6) is 5.75 Å². The van der Waals surface area contributed by atoms with Crippen LogP contribution in [-0.2, 0) is 0 Å². The summed E-state index contributed by atoms with van der Waals surface area (Å²) in [6.07, 6.45) is 2.20. The molecule has 0 bridgehead atoms. The predicted molar refractivity (Wildman–Crippen MR) is 83.6 cm³/mol. The fourth-order valence-corrected chi connectivity index (χ4v) is 2.62. The number of nitrogens with zero attached hydrogens (tertiary/aromatic N) is 3. The number of rotatable bonds is 4. The van der Waals surface area contributed by atoms with E-state index < -0.39 is 4.92 Å². The van der Waals surface area contributed by atoms with Crippen molar-refractivity contribution in [3.05, 3.63) is 57.7 Å². The molecule has 1 saturated heterocycles. The lowest BCUT2D eigenvalue weighted by Gasteiger charge is -2.17. The lowest BCUT2D eigenvalue weighted by Crippen LogP contribution is -2.25. The first-order chi connectivity index (χ1) is 10.6. The summed E-state index contributed by atoms with van der Waals surface area (Å²) in [4.78, 5) is 16.4. The summed E-state index contributed by atoms with van der Waals surface area (Å²) in [6.45, 7) is 1.49. The highest BCUT2D eigenvalue weighted by Crippen LogP contribution is 2.24. The van der Waals surface area contributed by atoms with Crippen LogP contribution in [0.25, 0.3) is 0 Å². The molecule has 1 aromatic heterocycles. The van der Waals surface area contributed by atoms with Crippen molar-refractivity contribution in [2.75, 3.05) is 18.0 Å². The Morgan fingerprint density at radius 1 is 1.36 bits per heavy atom. The van der Waals surface area contributed by atoms with E-state index in [1.807, 2.05) is 12.1 Å². The molecule has 0 spiro atoms. The summed E-state index contributed by atoms with van der Waals surface area (Å²) in [5, 5.41) is 11.3. The standard InChI is InChI=1S/C15H14ClN3O3/c16-11-2-1-3-13(8-11)22-14-6-7-18(10-14)15-5-4-12(9-17-15)19(20)21/h1-5,8-9,14H,6-7,10H2. The van der Waals surface area contributed by atoms with Crippen LogP contribution in [0, 0.1) is 10.1 Å². The molecule has 1 unspecified atom stereocenters. The number of halogens is 1. The summed E-state index contributed by atoms with van der Waals surface area (Å²) in [5.41, 5.74) is -0.00493. The lowest BCUT2D eigenvalue weighted by atomic mass is 10.3. The van der Waals surface area contributed by atoms with Gasteiger partial charge in [-0.3, -0.25) is 10.1 Å². The second kappa shape index (κ2) is 6.19. The van der Waals surface area contributed by atoms with Crippen molar-refractivity contribution in [1.29, 1.82) is 0 Å². The van der Waals surface area contributed by atoms with Gasteiger partial charge in [0, 0.05) is 24.1 Å². The van der Waals surface area contributed by atoms with E-state index in [1.54, 1.807) is 18.2 Å². The predicted octanol–water partition coefficient (Wildman–Crippen LogP) is 3.30. The second-order valence-electron chi connectivity index (χ2n) is 5.06. The van der Waals surface area contributed by atoms with Gasteiger partial charge in [-0.1, -0.05) is 17.7 Å². The Balaban J connectivity index is 1.63. The molecule has 2 heterocycles. The van der Waals surface area contributed by atoms with E-state index in [4.69, 9.17) is 16.3 Å². The minimum atomic E-state index is -0.453. The minimum absolute atomic E-state index is 0.00493. The summed E-state index contributed by atoms with van der Waals surface area (Å²) < 4.78 is 5.91. The number of hydrogen-bond acceptors (Lipinski definition) is 5. The highest BCUT2D eigenvalue weighted by atomic mass is 35.5. The van der Waals surface area contributed by atoms with Gasteiger partial charge in [0.2, 0.25) is 0 Å². The van der Waals surface area contributed by atoms with Gasteiger partial charge < -0.3 is 9.64 Å². The average Bonchev–Trinajstić information content (AvgIpc) is 2.96. The zero-order valence-corrected chi connectivity index (χ0v) is 12.4. The number of ether oxygens (including phenoxy) is 1. The molecular formula is C15H14ClN3O3. The number of nitro groups is 1. The van der Waals surface area contributed by atoms with Gasteiger partial charge >= 0.3 is 0 Å². The molecule has 1 fully saturated rings. The van der Waals surface area contributed by atoms with Crippen LogP contribution < -0.4 is 9.64 Å². The maximum absolute atomic E-state index is 10.6. The molecule has 3 rings (SSSR count). The van der Waals surface area contributed by atoms with E-state index in [-0.39, 0.29) is 11.8 Å². The molecule has 7 heteroatoms. The van der Waals surface area contributed by atoms with E-state index >= 15 is 0 Å². The van der Waals surface area contributed by atoms with Gasteiger partial charge in [0.25, 0.3) is 5.69 Å². The monoisotopic (exact) mass is 319 g/mol. The molecule has 6 nitrogen and oxygen atoms in total. The maximum Gasteiger partial charge on any atom is 0.287 e. The minimum Gasteiger partial charge on any atom is -0.488 e. The average molecular weight is 320 g/mol. The van der Waals surface area contributed by atoms with Crippen LogP contribution in [0.4, 0.5) is 11.5 Å². The fraction of sp³-hybridized carbons (Fsp3) is 0.267. The molecule has 0 amide bonds. The van der Waals surface area contributed by atoms with E-state index in [0.29, 0.717) is 11.6 Å². The number of benzene rings is 1. The van der Waals surface area contributed by atoms with Crippen LogP contribution in [0.15, 0.2) is 42.6 Å². The highest BCUT2D eigenvalue weighted by molar-refractivity contribution is 6.30. The zero-order valence-electron chi connectivity index (χ0n) is 11.7. The number of anilines is 1. The van der Waals surface area contributed by atoms with Gasteiger partial charge in [-0.2, -0.15) is 0 Å². The molecule has 0 N–H and O–H groups in total. The van der Waals surface area contributed by atoms with Crippen LogP contribution in [0.3, 0.4) is 0 Å². The van der Waals surface area contributed by atoms with Crippen LogP contribution >= 0.6 is 11.6 Å². The molecule has 0 aliphatic carbocycles. The second-order valence-corrected chi connectivity index (χ2v) is 5.50. The van der Waals surface area contributed by atoms with E-state index in [1.165, 1.54) is 12.3 Å². The molecule has 1 aliphatic rings. The van der Waals surface area contributed by atoms with Crippen molar-refractivity contribution in [1.82, 2.24) is 4.98 Å². The van der Waals surface area contributed by atoms with Crippen LogP contribution in [0.1, 0.15) is 6.42 Å². The van der Waals surface area contributed by atoms with Gasteiger partial charge in [-0.25, -0.2) is 4.98 Å². The van der Waals surface area contributed by atoms with Gasteiger partial charge in [-0.15, -0.1) is 0 Å². The Bertz CT molecular complexity index is 678. The Morgan fingerprint density at radius 2 is 2.23 bits per heavy atom. The largest absolute Gasteiger partial charge is 0.488 e. The first-order valence-corrected chi connectivity index (χ1v) is 7.27. The molecule has 0 radical (unpaired) electrons. The zero-order chi connectivity index (χ0) is 15.5. The molecule has 1 atom stereocenters. The summed E-state index contributed by atoms with van der Waals surface area (Å²) >= 11 is 5.94. The fourth-order valence-electron chi connectivity index (χ4n) is 2.44. The number of hydrogen-bond donors (Lipinski definition) is 0. The van der Waals surface area contributed by atoms with Crippen molar-refractivity contribution in [2.45, 2.75) is 12.5 Å². The third kappa shape index (κ3) is 3.28. The molecule has 2 aromatic rings. The SMILES string of the molecule is O=[N+]([O-])c1ccc(N2CCC(Oc3cccc(Cl)c3)C2)nc1. The van der Waals surface area contributed by atoms with Crippen molar-refractivity contribution < 1.29 is 9.66 Å². The first-order valence-electron chi connectivity index (χ1n) is 6.89. The van der Waals surface area contributed by atoms with Crippen molar-refractivity contribution >= 4 is 23.1 Å².